The fraction of sp³-hybridized carbons (Fsp3) is 0.125. The molecule has 0 saturated heterocycles. The molecular weight excluding hydrogens is 235 g/mol. The predicted octanol–water partition coefficient (Wildman–Crippen LogP) is 1.70. The predicted molar refractivity (Wildman–Crippen MR) is 43.6 cm³/mol. The molecule has 1 rings (SSSR count). The molecule has 1 aromatic carbocycles. The number of nitrogens with one attached hydrogen (secondary N) is 1. The van der Waals surface area contributed by atoms with Crippen LogP contribution in [-0.4, -0.2) is 12.4 Å². The second-order valence-corrected chi connectivity index (χ2v) is 2.71. The number of amidine groups is 1. The van der Waals surface area contributed by atoms with E-state index in [1.165, 1.54) is 0 Å². The summed E-state index contributed by atoms with van der Waals surface area (Å²) in [7, 11) is 0. The first kappa shape index (κ1) is 12.2. The number of rotatable bonds is 3. The first-order valence-corrected chi connectivity index (χ1v) is 3.83. The SMILES string of the molecule is N=C(N)COc1c(F)c(F)c(F)c(F)c1F. The van der Waals surface area contributed by atoms with Crippen LogP contribution in [0.3, 0.4) is 0 Å². The summed E-state index contributed by atoms with van der Waals surface area (Å²) in [4.78, 5) is 0. The van der Waals surface area contributed by atoms with Gasteiger partial charge in [0.05, 0.1) is 0 Å². The second-order valence-electron chi connectivity index (χ2n) is 2.71. The van der Waals surface area contributed by atoms with E-state index in [1.807, 2.05) is 0 Å². The maximum atomic E-state index is 12.9. The monoisotopic (exact) mass is 240 g/mol. The molecular formula is C8H5F5N2O. The average Bonchev–Trinajstić information content (AvgIpc) is 2.23. The molecule has 0 spiro atoms. The topological polar surface area (TPSA) is 59.1 Å². The van der Waals surface area contributed by atoms with Crippen molar-refractivity contribution in [1.29, 1.82) is 5.41 Å². The van der Waals surface area contributed by atoms with Crippen molar-refractivity contribution in [3.8, 4) is 5.75 Å². The molecule has 0 radical (unpaired) electrons. The number of nitrogens with two attached hydrogens (primary N) is 1. The summed E-state index contributed by atoms with van der Waals surface area (Å²) in [6.07, 6.45) is 0. The minimum absolute atomic E-state index is 0.621. The lowest BCUT2D eigenvalue weighted by Gasteiger charge is -2.09. The molecule has 0 amide bonds. The van der Waals surface area contributed by atoms with E-state index in [9.17, 15) is 22.0 Å². The second kappa shape index (κ2) is 4.33. The highest BCUT2D eigenvalue weighted by Gasteiger charge is 2.26. The van der Waals surface area contributed by atoms with Crippen molar-refractivity contribution >= 4 is 5.84 Å². The smallest absolute Gasteiger partial charge is 0.207 e. The summed E-state index contributed by atoms with van der Waals surface area (Å²) in [5.74, 6) is -12.8. The quantitative estimate of drug-likeness (QED) is 0.278. The highest BCUT2D eigenvalue weighted by Crippen LogP contribution is 2.28. The largest absolute Gasteiger partial charge is 0.479 e. The van der Waals surface area contributed by atoms with Crippen LogP contribution in [0.5, 0.6) is 5.75 Å². The fourth-order valence-electron chi connectivity index (χ4n) is 0.861. The average molecular weight is 240 g/mol. The number of halogens is 5. The van der Waals surface area contributed by atoms with Gasteiger partial charge in [-0.15, -0.1) is 0 Å². The minimum atomic E-state index is -2.27. The van der Waals surface area contributed by atoms with E-state index in [1.54, 1.807) is 0 Å². The lowest BCUT2D eigenvalue weighted by atomic mass is 10.2. The molecule has 0 atom stereocenters. The molecule has 1 aromatic rings. The van der Waals surface area contributed by atoms with Crippen molar-refractivity contribution in [2.45, 2.75) is 0 Å². The Morgan fingerprint density at radius 3 is 1.69 bits per heavy atom. The molecule has 0 fully saturated rings. The lowest BCUT2D eigenvalue weighted by molar-refractivity contribution is 0.293. The van der Waals surface area contributed by atoms with Gasteiger partial charge < -0.3 is 10.5 Å². The molecule has 0 heterocycles. The molecule has 16 heavy (non-hydrogen) atoms. The Bertz CT molecular complexity index is 420. The van der Waals surface area contributed by atoms with Crippen molar-refractivity contribution < 1.29 is 26.7 Å². The van der Waals surface area contributed by atoms with Gasteiger partial charge in [0, 0.05) is 0 Å². The van der Waals surface area contributed by atoms with Gasteiger partial charge in [0.2, 0.25) is 29.1 Å². The molecule has 3 N–H and O–H groups in total. The third kappa shape index (κ3) is 2.05. The first-order chi connectivity index (χ1) is 7.36. The summed E-state index contributed by atoms with van der Waals surface area (Å²) in [6, 6.07) is 0. The molecule has 0 saturated carbocycles. The van der Waals surface area contributed by atoms with Crippen molar-refractivity contribution in [1.82, 2.24) is 0 Å². The molecule has 0 aliphatic carbocycles. The molecule has 0 aromatic heterocycles. The molecule has 88 valence electrons. The van der Waals surface area contributed by atoms with Crippen LogP contribution in [0.4, 0.5) is 22.0 Å². The van der Waals surface area contributed by atoms with E-state index in [-0.39, 0.29) is 0 Å². The number of ether oxygens (including phenoxy) is 1. The number of hydrogen-bond acceptors (Lipinski definition) is 2. The highest BCUT2D eigenvalue weighted by molar-refractivity contribution is 5.78. The van der Waals surface area contributed by atoms with Crippen LogP contribution in [0, 0.1) is 34.5 Å². The van der Waals surface area contributed by atoms with Gasteiger partial charge in [-0.25, -0.2) is 13.2 Å². The van der Waals surface area contributed by atoms with Gasteiger partial charge in [0.1, 0.15) is 12.4 Å². The Morgan fingerprint density at radius 2 is 1.31 bits per heavy atom. The van der Waals surface area contributed by atoms with Crippen molar-refractivity contribution in [2.75, 3.05) is 6.61 Å². The zero-order valence-electron chi connectivity index (χ0n) is 7.58. The van der Waals surface area contributed by atoms with Crippen molar-refractivity contribution in [2.24, 2.45) is 5.73 Å². The van der Waals surface area contributed by atoms with Gasteiger partial charge in [0.25, 0.3) is 0 Å². The maximum absolute atomic E-state index is 12.9. The Hall–Kier alpha value is -1.86. The first-order valence-electron chi connectivity index (χ1n) is 3.83. The Balaban J connectivity index is 3.23. The molecule has 3 nitrogen and oxygen atoms in total. The standard InChI is InChI=1S/C8H5F5N2O/c9-3-4(10)6(12)8(7(13)5(3)11)16-1-2(14)15/h1H2,(H3,14,15). The number of benzene rings is 1. The third-order valence-electron chi connectivity index (χ3n) is 1.54. The van der Waals surface area contributed by atoms with E-state index in [4.69, 9.17) is 11.1 Å². The Labute approximate surface area is 86.1 Å². The van der Waals surface area contributed by atoms with Gasteiger partial charge in [-0.3, -0.25) is 5.41 Å². The molecule has 0 aliphatic rings. The van der Waals surface area contributed by atoms with Crippen LogP contribution in [0.2, 0.25) is 0 Å². The maximum Gasteiger partial charge on any atom is 0.207 e. The summed E-state index contributed by atoms with van der Waals surface area (Å²) < 4.78 is 67.7. The van der Waals surface area contributed by atoms with Gasteiger partial charge in [-0.05, 0) is 0 Å². The van der Waals surface area contributed by atoms with Crippen LogP contribution in [0.15, 0.2) is 0 Å². The van der Waals surface area contributed by atoms with E-state index in [0.717, 1.165) is 0 Å². The van der Waals surface area contributed by atoms with E-state index < -0.39 is 47.3 Å². The van der Waals surface area contributed by atoms with E-state index in [2.05, 4.69) is 4.74 Å². The van der Waals surface area contributed by atoms with E-state index in [0.29, 0.717) is 0 Å². The molecule has 0 aliphatic heterocycles. The van der Waals surface area contributed by atoms with Gasteiger partial charge >= 0.3 is 0 Å². The minimum Gasteiger partial charge on any atom is -0.479 e. The van der Waals surface area contributed by atoms with Crippen LogP contribution in [0.25, 0.3) is 0 Å². The summed E-state index contributed by atoms with van der Waals surface area (Å²) in [5.41, 5.74) is 4.80. The third-order valence-corrected chi connectivity index (χ3v) is 1.54. The van der Waals surface area contributed by atoms with Gasteiger partial charge in [0.15, 0.2) is 5.75 Å². The Morgan fingerprint density at radius 1 is 0.938 bits per heavy atom. The van der Waals surface area contributed by atoms with Crippen LogP contribution >= 0.6 is 0 Å². The summed E-state index contributed by atoms with van der Waals surface area (Å²) in [5, 5.41) is 6.68. The Kier molecular flexibility index (Phi) is 3.31. The molecule has 0 unspecified atom stereocenters. The van der Waals surface area contributed by atoms with Crippen molar-refractivity contribution in [3.63, 3.8) is 0 Å². The highest BCUT2D eigenvalue weighted by atomic mass is 19.2. The van der Waals surface area contributed by atoms with Gasteiger partial charge in [-0.1, -0.05) is 0 Å². The number of hydrogen-bond donors (Lipinski definition) is 2. The van der Waals surface area contributed by atoms with Gasteiger partial charge in [-0.2, -0.15) is 8.78 Å². The fourth-order valence-corrected chi connectivity index (χ4v) is 0.861. The summed E-state index contributed by atoms with van der Waals surface area (Å²) >= 11 is 0. The molecule has 8 heteroatoms. The lowest BCUT2D eigenvalue weighted by Crippen LogP contribution is -2.20. The van der Waals surface area contributed by atoms with Crippen LogP contribution in [-0.2, 0) is 0 Å². The zero-order chi connectivity index (χ0) is 12.5. The van der Waals surface area contributed by atoms with Crippen LogP contribution < -0.4 is 10.5 Å². The van der Waals surface area contributed by atoms with E-state index >= 15 is 0 Å². The zero-order valence-corrected chi connectivity index (χ0v) is 7.58. The normalized spacial score (nSPS) is 10.3. The van der Waals surface area contributed by atoms with Crippen molar-refractivity contribution in [3.05, 3.63) is 29.1 Å². The molecule has 0 bridgehead atoms. The van der Waals surface area contributed by atoms with Crippen LogP contribution in [0.1, 0.15) is 0 Å². The summed E-state index contributed by atoms with van der Waals surface area (Å²) in [6.45, 7) is -0.779.